The molecule has 1 amide bonds. The van der Waals surface area contributed by atoms with Crippen LogP contribution in [0.3, 0.4) is 0 Å². The number of hydrogen-bond acceptors (Lipinski definition) is 5. The number of carbonyl (C=O) groups excluding carboxylic acids is 2. The molecule has 0 saturated carbocycles. The van der Waals surface area contributed by atoms with Gasteiger partial charge in [-0.25, -0.2) is 0 Å². The monoisotopic (exact) mass is 380 g/mol. The summed E-state index contributed by atoms with van der Waals surface area (Å²) in [6.45, 7) is 5.53. The lowest BCUT2D eigenvalue weighted by Gasteiger charge is -2.28. The van der Waals surface area contributed by atoms with Gasteiger partial charge in [0.2, 0.25) is 0 Å². The standard InChI is InChI=1S/C22H24N2O4/c1-22(2,3)20(26)17-18(15-8-6-10-23-12-15)24(21(27)19(17)25)13-14-7-5-9-16(11-14)28-4/h5-12,18,25H,13H2,1-4H3. The number of aromatic nitrogens is 1. The number of ketones is 1. The Morgan fingerprint density at radius 1 is 1.25 bits per heavy atom. The van der Waals surface area contributed by atoms with Gasteiger partial charge < -0.3 is 14.7 Å². The Morgan fingerprint density at radius 2 is 2.00 bits per heavy atom. The molecule has 3 rings (SSSR count). The van der Waals surface area contributed by atoms with Crippen molar-refractivity contribution in [3.05, 3.63) is 71.3 Å². The Morgan fingerprint density at radius 3 is 2.61 bits per heavy atom. The maximum atomic E-state index is 13.1. The molecule has 146 valence electrons. The maximum absolute atomic E-state index is 13.1. The molecular formula is C22H24N2O4. The molecule has 6 heteroatoms. The fraction of sp³-hybridized carbons (Fsp3) is 0.318. The van der Waals surface area contributed by atoms with Crippen molar-refractivity contribution in [2.24, 2.45) is 5.41 Å². The smallest absolute Gasteiger partial charge is 0.290 e. The fourth-order valence-electron chi connectivity index (χ4n) is 3.30. The Hall–Kier alpha value is -3.15. The molecule has 1 unspecified atom stereocenters. The fourth-order valence-corrected chi connectivity index (χ4v) is 3.30. The van der Waals surface area contributed by atoms with Gasteiger partial charge in [0.25, 0.3) is 5.91 Å². The van der Waals surface area contributed by atoms with Crippen molar-refractivity contribution in [3.63, 3.8) is 0 Å². The largest absolute Gasteiger partial charge is 0.503 e. The number of pyridine rings is 1. The number of hydrogen-bond donors (Lipinski definition) is 1. The summed E-state index contributed by atoms with van der Waals surface area (Å²) in [5.74, 6) is -0.647. The van der Waals surface area contributed by atoms with E-state index in [0.717, 1.165) is 5.56 Å². The van der Waals surface area contributed by atoms with Crippen LogP contribution in [0, 0.1) is 5.41 Å². The van der Waals surface area contributed by atoms with Crippen LogP contribution in [0.2, 0.25) is 0 Å². The van der Waals surface area contributed by atoms with E-state index in [-0.39, 0.29) is 17.9 Å². The molecule has 1 aromatic heterocycles. The lowest BCUT2D eigenvalue weighted by molar-refractivity contribution is -0.130. The van der Waals surface area contributed by atoms with Crippen molar-refractivity contribution in [1.82, 2.24) is 9.88 Å². The summed E-state index contributed by atoms with van der Waals surface area (Å²) in [6.07, 6.45) is 3.24. The highest BCUT2D eigenvalue weighted by molar-refractivity contribution is 6.10. The van der Waals surface area contributed by atoms with Crippen LogP contribution in [0.1, 0.15) is 37.9 Å². The predicted octanol–water partition coefficient (Wildman–Crippen LogP) is 3.60. The summed E-state index contributed by atoms with van der Waals surface area (Å²) in [5, 5.41) is 10.6. The van der Waals surface area contributed by atoms with E-state index in [1.54, 1.807) is 52.4 Å². The topological polar surface area (TPSA) is 79.7 Å². The lowest BCUT2D eigenvalue weighted by Crippen LogP contribution is -2.32. The second-order valence-corrected chi connectivity index (χ2v) is 7.81. The van der Waals surface area contributed by atoms with E-state index in [1.165, 1.54) is 4.90 Å². The summed E-state index contributed by atoms with van der Waals surface area (Å²) >= 11 is 0. The minimum absolute atomic E-state index is 0.119. The van der Waals surface area contributed by atoms with E-state index in [1.807, 2.05) is 24.3 Å². The third-order valence-electron chi connectivity index (χ3n) is 4.72. The molecule has 2 heterocycles. The number of amides is 1. The zero-order valence-corrected chi connectivity index (χ0v) is 16.5. The van der Waals surface area contributed by atoms with E-state index in [2.05, 4.69) is 4.98 Å². The van der Waals surface area contributed by atoms with Crippen molar-refractivity contribution in [2.75, 3.05) is 7.11 Å². The summed E-state index contributed by atoms with van der Waals surface area (Å²) in [4.78, 5) is 31.6. The van der Waals surface area contributed by atoms with Gasteiger partial charge in [0.1, 0.15) is 5.75 Å². The van der Waals surface area contributed by atoms with Crippen molar-refractivity contribution >= 4 is 11.7 Å². The molecular weight excluding hydrogens is 356 g/mol. The number of methoxy groups -OCH3 is 1. The Bertz CT molecular complexity index is 929. The minimum atomic E-state index is -0.740. The van der Waals surface area contributed by atoms with Gasteiger partial charge in [-0.15, -0.1) is 0 Å². The van der Waals surface area contributed by atoms with Crippen LogP contribution < -0.4 is 4.74 Å². The number of nitrogens with zero attached hydrogens (tertiary/aromatic N) is 2. The van der Waals surface area contributed by atoms with E-state index in [4.69, 9.17) is 4.74 Å². The molecule has 6 nitrogen and oxygen atoms in total. The minimum Gasteiger partial charge on any atom is -0.503 e. The van der Waals surface area contributed by atoms with Crippen molar-refractivity contribution in [1.29, 1.82) is 0 Å². The summed E-state index contributed by atoms with van der Waals surface area (Å²) < 4.78 is 5.26. The molecule has 1 aliphatic rings. The molecule has 1 aromatic carbocycles. The summed E-state index contributed by atoms with van der Waals surface area (Å²) in [5.41, 5.74) is 0.887. The third kappa shape index (κ3) is 3.63. The summed E-state index contributed by atoms with van der Waals surface area (Å²) in [6, 6.07) is 10.2. The van der Waals surface area contributed by atoms with Gasteiger partial charge in [0, 0.05) is 24.4 Å². The van der Waals surface area contributed by atoms with Gasteiger partial charge in [-0.3, -0.25) is 14.6 Å². The Balaban J connectivity index is 2.06. The molecule has 1 N–H and O–H groups in total. The van der Waals surface area contributed by atoms with Gasteiger partial charge in [0.05, 0.1) is 18.7 Å². The van der Waals surface area contributed by atoms with Crippen LogP contribution >= 0.6 is 0 Å². The van der Waals surface area contributed by atoms with Crippen LogP contribution in [0.15, 0.2) is 60.1 Å². The van der Waals surface area contributed by atoms with Crippen LogP contribution in [0.4, 0.5) is 0 Å². The molecule has 1 aliphatic heterocycles. The highest BCUT2D eigenvalue weighted by Gasteiger charge is 2.46. The first-order valence-electron chi connectivity index (χ1n) is 9.05. The SMILES string of the molecule is COc1cccc(CN2C(=O)C(O)=C(C(=O)C(C)(C)C)C2c2cccnc2)c1. The average molecular weight is 380 g/mol. The highest BCUT2D eigenvalue weighted by Crippen LogP contribution is 2.41. The maximum Gasteiger partial charge on any atom is 0.290 e. The Kier molecular flexibility index (Phi) is 5.23. The quantitative estimate of drug-likeness (QED) is 0.857. The molecule has 0 radical (unpaired) electrons. The first-order valence-corrected chi connectivity index (χ1v) is 9.05. The first-order chi connectivity index (χ1) is 13.2. The van der Waals surface area contributed by atoms with Crippen LogP contribution in [-0.4, -0.2) is 33.8 Å². The number of benzene rings is 1. The molecule has 0 spiro atoms. The average Bonchev–Trinajstić information content (AvgIpc) is 2.92. The number of aliphatic hydroxyl groups excluding tert-OH is 1. The number of rotatable bonds is 5. The number of Topliss-reactive ketones (excluding diaryl/α,β-unsaturated/α-hetero) is 1. The van der Waals surface area contributed by atoms with Gasteiger partial charge in [-0.05, 0) is 29.3 Å². The van der Waals surface area contributed by atoms with Gasteiger partial charge >= 0.3 is 0 Å². The molecule has 28 heavy (non-hydrogen) atoms. The second kappa shape index (κ2) is 7.46. The van der Waals surface area contributed by atoms with E-state index in [0.29, 0.717) is 11.3 Å². The molecule has 0 saturated heterocycles. The summed E-state index contributed by atoms with van der Waals surface area (Å²) in [7, 11) is 1.58. The van der Waals surface area contributed by atoms with Gasteiger partial charge in [0.15, 0.2) is 11.5 Å². The van der Waals surface area contributed by atoms with Crippen molar-refractivity contribution < 1.29 is 19.4 Å². The molecule has 2 aromatic rings. The van der Waals surface area contributed by atoms with Crippen molar-refractivity contribution in [3.8, 4) is 5.75 Å². The Labute approximate surface area is 164 Å². The zero-order valence-electron chi connectivity index (χ0n) is 16.5. The van der Waals surface area contributed by atoms with Crippen LogP contribution in [0.5, 0.6) is 5.75 Å². The van der Waals surface area contributed by atoms with Crippen molar-refractivity contribution in [2.45, 2.75) is 33.4 Å². The van der Waals surface area contributed by atoms with Gasteiger partial charge in [-0.2, -0.15) is 0 Å². The number of aliphatic hydroxyl groups is 1. The van der Waals surface area contributed by atoms with Crippen LogP contribution in [0.25, 0.3) is 0 Å². The molecule has 0 bridgehead atoms. The zero-order chi connectivity index (χ0) is 20.5. The van der Waals surface area contributed by atoms with E-state index in [9.17, 15) is 14.7 Å². The lowest BCUT2D eigenvalue weighted by atomic mass is 9.82. The normalized spacial score (nSPS) is 17.2. The number of carbonyl (C=O) groups is 2. The van der Waals surface area contributed by atoms with E-state index >= 15 is 0 Å². The molecule has 0 aliphatic carbocycles. The first kappa shape index (κ1) is 19.6. The predicted molar refractivity (Wildman–Crippen MR) is 105 cm³/mol. The van der Waals surface area contributed by atoms with E-state index < -0.39 is 23.1 Å². The number of ether oxygens (including phenoxy) is 1. The third-order valence-corrected chi connectivity index (χ3v) is 4.72. The second-order valence-electron chi connectivity index (χ2n) is 7.81. The molecule has 1 atom stereocenters. The highest BCUT2D eigenvalue weighted by atomic mass is 16.5. The van der Waals surface area contributed by atoms with Gasteiger partial charge in [-0.1, -0.05) is 39.0 Å². The molecule has 0 fully saturated rings. The van der Waals surface area contributed by atoms with Crippen LogP contribution in [-0.2, 0) is 16.1 Å².